The van der Waals surface area contributed by atoms with E-state index in [1.807, 2.05) is 22.7 Å². The largest absolute Gasteiger partial charge is 0.309 e. The summed E-state index contributed by atoms with van der Waals surface area (Å²) in [6.45, 7) is 0. The van der Waals surface area contributed by atoms with Crippen molar-refractivity contribution < 1.29 is 0 Å². The Morgan fingerprint density at radius 3 is 1.35 bits per heavy atom. The molecular formula is C52H33NS2. The highest BCUT2D eigenvalue weighted by atomic mass is 32.1. The fraction of sp³-hybridized carbons (Fsp3) is 0. The molecule has 0 spiro atoms. The van der Waals surface area contributed by atoms with Crippen LogP contribution in [0.25, 0.3) is 84.5 Å². The van der Waals surface area contributed by atoms with E-state index in [0.717, 1.165) is 11.4 Å². The number of hydrogen-bond donors (Lipinski definition) is 0. The van der Waals surface area contributed by atoms with Gasteiger partial charge in [-0.1, -0.05) is 158 Å². The molecule has 2 heterocycles. The molecule has 1 nitrogen and oxygen atoms in total. The van der Waals surface area contributed by atoms with Gasteiger partial charge in [-0.3, -0.25) is 0 Å². The molecule has 0 amide bonds. The van der Waals surface area contributed by atoms with Crippen molar-refractivity contribution in [1.82, 2.24) is 0 Å². The monoisotopic (exact) mass is 735 g/mol. The smallest absolute Gasteiger partial charge is 0.0646 e. The van der Waals surface area contributed by atoms with Gasteiger partial charge in [0.25, 0.3) is 0 Å². The lowest BCUT2D eigenvalue weighted by atomic mass is 9.96. The van der Waals surface area contributed by atoms with Crippen LogP contribution < -0.4 is 4.90 Å². The van der Waals surface area contributed by atoms with Crippen molar-refractivity contribution in [1.29, 1.82) is 0 Å². The minimum absolute atomic E-state index is 1.12. The molecule has 0 aliphatic carbocycles. The van der Waals surface area contributed by atoms with E-state index in [2.05, 4.69) is 205 Å². The van der Waals surface area contributed by atoms with Crippen LogP contribution in [0.4, 0.5) is 17.1 Å². The Labute approximate surface area is 327 Å². The van der Waals surface area contributed by atoms with Gasteiger partial charge in [0.2, 0.25) is 0 Å². The van der Waals surface area contributed by atoms with Gasteiger partial charge in [0, 0.05) is 52.4 Å². The van der Waals surface area contributed by atoms with Crippen LogP contribution in [0.2, 0.25) is 0 Å². The SMILES string of the molecule is c1ccc(-c2ccc(N(c3ccc(-c4ccccc4)cc3)c3cc(-c4ccccc4)cc4c3sc3c4c4ccccc4c4sc5ccccc5c43)cc2)cc1. The quantitative estimate of drug-likeness (QED) is 0.164. The molecule has 11 aromatic rings. The van der Waals surface area contributed by atoms with Gasteiger partial charge in [-0.15, -0.1) is 22.7 Å². The van der Waals surface area contributed by atoms with Gasteiger partial charge in [0.1, 0.15) is 0 Å². The summed E-state index contributed by atoms with van der Waals surface area (Å²) in [5.74, 6) is 0. The minimum atomic E-state index is 1.12. The van der Waals surface area contributed by atoms with Crippen molar-refractivity contribution in [2.45, 2.75) is 0 Å². The van der Waals surface area contributed by atoms with E-state index in [0.29, 0.717) is 0 Å². The first-order valence-corrected chi connectivity index (χ1v) is 20.3. The summed E-state index contributed by atoms with van der Waals surface area (Å²) in [5, 5.41) is 7.96. The molecule has 9 aromatic carbocycles. The third-order valence-electron chi connectivity index (χ3n) is 10.8. The first-order valence-electron chi connectivity index (χ1n) is 18.7. The van der Waals surface area contributed by atoms with Crippen LogP contribution in [0.1, 0.15) is 0 Å². The molecule has 3 heteroatoms. The molecule has 55 heavy (non-hydrogen) atoms. The van der Waals surface area contributed by atoms with Crippen LogP contribution in [0.15, 0.2) is 200 Å². The predicted molar refractivity (Wildman–Crippen MR) is 241 cm³/mol. The molecular weight excluding hydrogens is 703 g/mol. The molecule has 2 aromatic heterocycles. The zero-order chi connectivity index (χ0) is 36.3. The molecule has 0 aliphatic rings. The summed E-state index contributed by atoms with van der Waals surface area (Å²) >= 11 is 3.85. The Kier molecular flexibility index (Phi) is 7.61. The topological polar surface area (TPSA) is 3.24 Å². The molecule has 0 radical (unpaired) electrons. The Balaban J connectivity index is 1.23. The van der Waals surface area contributed by atoms with Gasteiger partial charge in [-0.25, -0.2) is 0 Å². The van der Waals surface area contributed by atoms with E-state index in [1.165, 1.54) is 90.2 Å². The van der Waals surface area contributed by atoms with E-state index in [1.54, 1.807) is 0 Å². The maximum atomic E-state index is 2.47. The molecule has 258 valence electrons. The molecule has 0 aliphatic heterocycles. The molecule has 0 saturated carbocycles. The molecule has 0 bridgehead atoms. The van der Waals surface area contributed by atoms with Crippen molar-refractivity contribution in [2.75, 3.05) is 4.90 Å². The second kappa shape index (κ2) is 13.1. The van der Waals surface area contributed by atoms with Crippen molar-refractivity contribution in [3.63, 3.8) is 0 Å². The summed E-state index contributed by atoms with van der Waals surface area (Å²) in [5.41, 5.74) is 10.6. The third kappa shape index (κ3) is 5.35. The van der Waals surface area contributed by atoms with Crippen LogP contribution in [-0.4, -0.2) is 0 Å². The van der Waals surface area contributed by atoms with Crippen LogP contribution in [-0.2, 0) is 0 Å². The van der Waals surface area contributed by atoms with Crippen LogP contribution in [0.3, 0.4) is 0 Å². The molecule has 0 N–H and O–H groups in total. The first-order chi connectivity index (χ1) is 27.3. The zero-order valence-electron chi connectivity index (χ0n) is 29.8. The molecule has 0 saturated heterocycles. The lowest BCUT2D eigenvalue weighted by Crippen LogP contribution is -2.10. The summed E-state index contributed by atoms with van der Waals surface area (Å²) < 4.78 is 5.33. The van der Waals surface area contributed by atoms with Crippen molar-refractivity contribution in [3.05, 3.63) is 200 Å². The Morgan fingerprint density at radius 1 is 0.291 bits per heavy atom. The molecule has 11 rings (SSSR count). The Hall–Kier alpha value is -6.52. The summed E-state index contributed by atoms with van der Waals surface area (Å²) in [7, 11) is 0. The highest BCUT2D eigenvalue weighted by Gasteiger charge is 2.24. The number of hydrogen-bond acceptors (Lipinski definition) is 3. The lowest BCUT2D eigenvalue weighted by Gasteiger charge is -2.27. The predicted octanol–water partition coefficient (Wildman–Crippen LogP) is 16.0. The normalized spacial score (nSPS) is 11.6. The third-order valence-corrected chi connectivity index (χ3v) is 13.3. The second-order valence-electron chi connectivity index (χ2n) is 14.1. The van der Waals surface area contributed by atoms with Gasteiger partial charge in [-0.2, -0.15) is 0 Å². The summed E-state index contributed by atoms with van der Waals surface area (Å²) in [6, 6.07) is 73.1. The standard InChI is InChI=1S/C52H33NS2/c1-4-14-34(15-5-1)37-24-28-40(29-25-37)53(41-30-26-38(27-31-41)35-16-6-2-7-17-35)46-33-39(36-18-8-3-9-19-36)32-45-48-42-20-10-11-21-43(42)51-49(52(48)55-50(45)46)44-22-12-13-23-47(44)54-51/h1-33H. The molecule has 0 fully saturated rings. The fourth-order valence-electron chi connectivity index (χ4n) is 8.24. The average molecular weight is 736 g/mol. The van der Waals surface area contributed by atoms with Gasteiger partial charge < -0.3 is 4.90 Å². The van der Waals surface area contributed by atoms with Crippen LogP contribution >= 0.6 is 22.7 Å². The highest BCUT2D eigenvalue weighted by Crippen LogP contribution is 2.53. The Bertz CT molecular complexity index is 3080. The summed E-state index contributed by atoms with van der Waals surface area (Å²) in [6.07, 6.45) is 0. The molecule has 0 unspecified atom stereocenters. The fourth-order valence-corrected chi connectivity index (χ4v) is 10.9. The second-order valence-corrected chi connectivity index (χ2v) is 16.1. The van der Waals surface area contributed by atoms with Crippen molar-refractivity contribution in [2.24, 2.45) is 0 Å². The minimum Gasteiger partial charge on any atom is -0.309 e. The highest BCUT2D eigenvalue weighted by molar-refractivity contribution is 7.30. The Morgan fingerprint density at radius 2 is 0.764 bits per heavy atom. The number of nitrogens with zero attached hydrogens (tertiary/aromatic N) is 1. The lowest BCUT2D eigenvalue weighted by molar-refractivity contribution is 1.30. The van der Waals surface area contributed by atoms with E-state index in [9.17, 15) is 0 Å². The van der Waals surface area contributed by atoms with Crippen molar-refractivity contribution >= 4 is 90.9 Å². The number of anilines is 3. The van der Waals surface area contributed by atoms with Crippen LogP contribution in [0, 0.1) is 0 Å². The number of rotatable bonds is 6. The van der Waals surface area contributed by atoms with E-state index in [4.69, 9.17) is 0 Å². The van der Waals surface area contributed by atoms with E-state index in [-0.39, 0.29) is 0 Å². The van der Waals surface area contributed by atoms with Crippen molar-refractivity contribution in [3.8, 4) is 33.4 Å². The van der Waals surface area contributed by atoms with Gasteiger partial charge >= 0.3 is 0 Å². The number of thiophene rings is 2. The van der Waals surface area contributed by atoms with E-state index >= 15 is 0 Å². The first kappa shape index (κ1) is 32.0. The van der Waals surface area contributed by atoms with Gasteiger partial charge in [0.15, 0.2) is 0 Å². The van der Waals surface area contributed by atoms with Gasteiger partial charge in [-0.05, 0) is 81.2 Å². The average Bonchev–Trinajstić information content (AvgIpc) is 3.85. The number of benzene rings is 9. The van der Waals surface area contributed by atoms with E-state index < -0.39 is 0 Å². The van der Waals surface area contributed by atoms with Gasteiger partial charge in [0.05, 0.1) is 10.4 Å². The molecule has 0 atom stereocenters. The maximum Gasteiger partial charge on any atom is 0.0646 e. The van der Waals surface area contributed by atoms with Crippen LogP contribution in [0.5, 0.6) is 0 Å². The zero-order valence-corrected chi connectivity index (χ0v) is 31.4. The summed E-state index contributed by atoms with van der Waals surface area (Å²) in [4.78, 5) is 2.47. The number of fused-ring (bicyclic) bond motifs is 10. The maximum absolute atomic E-state index is 2.47.